The number of aliphatic hydroxyl groups excluding tert-OH is 1. The van der Waals surface area contributed by atoms with E-state index >= 15 is 0 Å². The molecular weight excluding hydrogens is 414 g/mol. The summed E-state index contributed by atoms with van der Waals surface area (Å²) >= 11 is 1.35. The van der Waals surface area contributed by atoms with Crippen LogP contribution in [-0.4, -0.2) is 42.2 Å². The van der Waals surface area contributed by atoms with E-state index in [0.717, 1.165) is 5.56 Å². The summed E-state index contributed by atoms with van der Waals surface area (Å²) in [6.07, 6.45) is 1.85. The minimum atomic E-state index is -0.428. The Balaban J connectivity index is 2.01. The van der Waals surface area contributed by atoms with Gasteiger partial charge in [-0.25, -0.2) is 9.97 Å². The summed E-state index contributed by atoms with van der Waals surface area (Å²) < 4.78 is 10.6. The highest BCUT2D eigenvalue weighted by atomic mass is 32.2. The van der Waals surface area contributed by atoms with E-state index in [9.17, 15) is 10.4 Å². The van der Waals surface area contributed by atoms with Gasteiger partial charge in [0.05, 0.1) is 26.9 Å². The number of nitrogens with zero attached hydrogens (tertiary/aromatic N) is 3. The zero-order valence-electron chi connectivity index (χ0n) is 17.4. The first kappa shape index (κ1) is 22.2. The van der Waals surface area contributed by atoms with Gasteiger partial charge in [0.2, 0.25) is 0 Å². The average Bonchev–Trinajstić information content (AvgIpc) is 2.82. The molecule has 0 aliphatic carbocycles. The van der Waals surface area contributed by atoms with Crippen LogP contribution in [0.2, 0.25) is 0 Å². The first-order valence-corrected chi connectivity index (χ1v) is 10.6. The number of nitrogens with one attached hydrogen (secondary N) is 2. The smallest absolute Gasteiger partial charge is 0.191 e. The van der Waals surface area contributed by atoms with Gasteiger partial charge >= 0.3 is 0 Å². The highest BCUT2D eigenvalue weighted by Gasteiger charge is 2.19. The van der Waals surface area contributed by atoms with Crippen molar-refractivity contribution in [3.05, 3.63) is 59.7 Å². The van der Waals surface area contributed by atoms with Crippen LogP contribution in [0, 0.1) is 11.3 Å². The van der Waals surface area contributed by atoms with Gasteiger partial charge in [-0.05, 0) is 11.8 Å². The summed E-state index contributed by atoms with van der Waals surface area (Å²) in [4.78, 5) is 8.93. The molecule has 8 nitrogen and oxygen atoms in total. The van der Waals surface area contributed by atoms with E-state index in [4.69, 9.17) is 9.47 Å². The molecule has 0 saturated heterocycles. The Kier molecular flexibility index (Phi) is 7.54. The van der Waals surface area contributed by atoms with Gasteiger partial charge in [0.1, 0.15) is 23.1 Å². The van der Waals surface area contributed by atoms with Gasteiger partial charge in [-0.15, -0.1) is 0 Å². The molecule has 0 radical (unpaired) electrons. The SMILES string of the molecule is COc1cc(Nc2nc(SC)nc(N[C@H](CO)c3ccccc3)c2C#N)cc(OC)c1. The molecule has 0 fully saturated rings. The van der Waals surface area contributed by atoms with Crippen molar-refractivity contribution >= 4 is 29.1 Å². The van der Waals surface area contributed by atoms with Crippen LogP contribution in [0.15, 0.2) is 53.7 Å². The normalized spacial score (nSPS) is 11.3. The number of anilines is 3. The van der Waals surface area contributed by atoms with E-state index in [0.29, 0.717) is 34.0 Å². The van der Waals surface area contributed by atoms with E-state index in [-0.39, 0.29) is 12.2 Å². The molecular formula is C22H23N5O3S. The summed E-state index contributed by atoms with van der Waals surface area (Å²) in [5.41, 5.74) is 1.75. The molecule has 1 heterocycles. The Morgan fingerprint density at radius 2 is 1.71 bits per heavy atom. The molecule has 0 unspecified atom stereocenters. The molecule has 9 heteroatoms. The fourth-order valence-electron chi connectivity index (χ4n) is 2.93. The van der Waals surface area contributed by atoms with E-state index in [1.54, 1.807) is 32.4 Å². The predicted octanol–water partition coefficient (Wildman–Crippen LogP) is 3.98. The third-order valence-electron chi connectivity index (χ3n) is 4.49. The number of rotatable bonds is 9. The zero-order chi connectivity index (χ0) is 22.2. The summed E-state index contributed by atoms with van der Waals surface area (Å²) in [6, 6.07) is 16.5. The quantitative estimate of drug-likeness (QED) is 0.338. The topological polar surface area (TPSA) is 112 Å². The van der Waals surface area contributed by atoms with Gasteiger partial charge in [0.15, 0.2) is 16.8 Å². The summed E-state index contributed by atoms with van der Waals surface area (Å²) in [5, 5.41) is 26.6. The van der Waals surface area contributed by atoms with Crippen molar-refractivity contribution in [3.63, 3.8) is 0 Å². The van der Waals surface area contributed by atoms with Crippen molar-refractivity contribution < 1.29 is 14.6 Å². The zero-order valence-corrected chi connectivity index (χ0v) is 18.2. The third kappa shape index (κ3) is 5.36. The molecule has 1 atom stereocenters. The predicted molar refractivity (Wildman–Crippen MR) is 121 cm³/mol. The van der Waals surface area contributed by atoms with Crippen molar-refractivity contribution in [2.75, 3.05) is 37.7 Å². The Bertz CT molecular complexity index is 1050. The third-order valence-corrected chi connectivity index (χ3v) is 5.04. The molecule has 31 heavy (non-hydrogen) atoms. The number of thioether (sulfide) groups is 1. The number of aromatic nitrogens is 2. The second kappa shape index (κ2) is 10.5. The van der Waals surface area contributed by atoms with Crippen LogP contribution in [0.1, 0.15) is 17.2 Å². The number of methoxy groups -OCH3 is 2. The number of aliphatic hydroxyl groups is 1. The van der Waals surface area contributed by atoms with Crippen molar-refractivity contribution in [2.24, 2.45) is 0 Å². The lowest BCUT2D eigenvalue weighted by Crippen LogP contribution is -2.17. The lowest BCUT2D eigenvalue weighted by molar-refractivity contribution is 0.276. The maximum atomic E-state index is 9.91. The van der Waals surface area contributed by atoms with E-state index in [1.807, 2.05) is 36.6 Å². The molecule has 2 aromatic carbocycles. The van der Waals surface area contributed by atoms with Crippen LogP contribution in [0.25, 0.3) is 0 Å². The van der Waals surface area contributed by atoms with Crippen LogP contribution < -0.4 is 20.1 Å². The molecule has 0 aliphatic heterocycles. The number of benzene rings is 2. The highest BCUT2D eigenvalue weighted by Crippen LogP contribution is 2.32. The second-order valence-corrected chi connectivity index (χ2v) is 7.18. The maximum absolute atomic E-state index is 9.91. The van der Waals surface area contributed by atoms with Crippen LogP contribution >= 0.6 is 11.8 Å². The Morgan fingerprint density at radius 3 is 2.26 bits per heavy atom. The molecule has 160 valence electrons. The van der Waals surface area contributed by atoms with E-state index in [2.05, 4.69) is 26.7 Å². The van der Waals surface area contributed by atoms with Gasteiger partial charge < -0.3 is 25.2 Å². The molecule has 3 aromatic rings. The summed E-state index contributed by atoms with van der Waals surface area (Å²) in [7, 11) is 3.13. The number of nitriles is 1. The van der Waals surface area contributed by atoms with Crippen molar-refractivity contribution in [2.45, 2.75) is 11.2 Å². The van der Waals surface area contributed by atoms with Crippen molar-refractivity contribution in [1.82, 2.24) is 9.97 Å². The monoisotopic (exact) mass is 437 g/mol. The van der Waals surface area contributed by atoms with Crippen LogP contribution in [0.5, 0.6) is 11.5 Å². The number of ether oxygens (including phenoxy) is 2. The lowest BCUT2D eigenvalue weighted by Gasteiger charge is -2.20. The first-order chi connectivity index (χ1) is 15.1. The largest absolute Gasteiger partial charge is 0.497 e. The number of hydrogen-bond donors (Lipinski definition) is 3. The Hall–Kier alpha value is -3.48. The molecule has 0 spiro atoms. The van der Waals surface area contributed by atoms with Crippen molar-refractivity contribution in [1.29, 1.82) is 5.26 Å². The molecule has 3 N–H and O–H groups in total. The fourth-order valence-corrected chi connectivity index (χ4v) is 3.30. The van der Waals surface area contributed by atoms with Crippen molar-refractivity contribution in [3.8, 4) is 17.6 Å². The average molecular weight is 438 g/mol. The first-order valence-electron chi connectivity index (χ1n) is 9.40. The number of hydrogen-bond acceptors (Lipinski definition) is 9. The van der Waals surface area contributed by atoms with Crippen LogP contribution in [-0.2, 0) is 0 Å². The van der Waals surface area contributed by atoms with Crippen LogP contribution in [0.4, 0.5) is 17.3 Å². The van der Waals surface area contributed by atoms with Gasteiger partial charge in [-0.3, -0.25) is 0 Å². The minimum Gasteiger partial charge on any atom is -0.497 e. The molecule has 0 aliphatic rings. The molecule has 3 rings (SSSR count). The second-order valence-electron chi connectivity index (χ2n) is 6.41. The highest BCUT2D eigenvalue weighted by molar-refractivity contribution is 7.98. The van der Waals surface area contributed by atoms with E-state index in [1.165, 1.54) is 11.8 Å². The van der Waals surface area contributed by atoms with Gasteiger partial charge in [-0.1, -0.05) is 42.1 Å². The maximum Gasteiger partial charge on any atom is 0.191 e. The van der Waals surface area contributed by atoms with Crippen LogP contribution in [0.3, 0.4) is 0 Å². The van der Waals surface area contributed by atoms with Gasteiger partial charge in [0, 0.05) is 23.9 Å². The lowest BCUT2D eigenvalue weighted by atomic mass is 10.1. The summed E-state index contributed by atoms with van der Waals surface area (Å²) in [5.74, 6) is 1.87. The molecule has 0 amide bonds. The standard InChI is InChI=1S/C22H23N5O3S/c1-29-16-9-15(10-17(11-16)30-2)24-20-18(12-23)21(27-22(26-20)31-3)25-19(13-28)14-7-5-4-6-8-14/h4-11,19,28H,13H2,1-3H3,(H2,24,25,26,27)/t19-/m1/s1. The Morgan fingerprint density at radius 1 is 1.06 bits per heavy atom. The van der Waals surface area contributed by atoms with Gasteiger partial charge in [-0.2, -0.15) is 5.26 Å². The minimum absolute atomic E-state index is 0.163. The van der Waals surface area contributed by atoms with Gasteiger partial charge in [0.25, 0.3) is 0 Å². The molecule has 1 aromatic heterocycles. The fraction of sp³-hybridized carbons (Fsp3) is 0.227. The molecule has 0 bridgehead atoms. The van der Waals surface area contributed by atoms with E-state index < -0.39 is 6.04 Å². The molecule has 0 saturated carbocycles. The Labute approximate surface area is 185 Å². The summed E-state index contributed by atoms with van der Waals surface area (Å²) in [6.45, 7) is -0.163.